The number of hydrogen-bond donors (Lipinski definition) is 3. The molecule has 0 radical (unpaired) electrons. The molecule has 2 aliphatic rings. The Labute approximate surface area is 111 Å². The fourth-order valence-corrected chi connectivity index (χ4v) is 2.85. The Morgan fingerprint density at radius 1 is 1.26 bits per heavy atom. The lowest BCUT2D eigenvalue weighted by Crippen LogP contribution is -2.31. The molecule has 0 bridgehead atoms. The lowest BCUT2D eigenvalue weighted by atomic mass is 9.97. The van der Waals surface area contributed by atoms with Crippen LogP contribution < -0.4 is 5.32 Å². The maximum Gasteiger partial charge on any atom is 0.223 e. The van der Waals surface area contributed by atoms with Crippen LogP contribution in [0.1, 0.15) is 17.9 Å². The highest BCUT2D eigenvalue weighted by molar-refractivity contribution is 5.78. The molecule has 5 heteroatoms. The van der Waals surface area contributed by atoms with E-state index in [9.17, 15) is 15.0 Å². The Kier molecular flexibility index (Phi) is 3.16. The van der Waals surface area contributed by atoms with Gasteiger partial charge in [-0.15, -0.1) is 0 Å². The van der Waals surface area contributed by atoms with Gasteiger partial charge in [-0.3, -0.25) is 4.79 Å². The average molecular weight is 262 g/mol. The lowest BCUT2D eigenvalue weighted by molar-refractivity contribution is -0.131. The Morgan fingerprint density at radius 2 is 1.95 bits per heavy atom. The minimum absolute atomic E-state index is 0.000830. The van der Waals surface area contributed by atoms with E-state index in [1.807, 2.05) is 24.3 Å². The summed E-state index contributed by atoms with van der Waals surface area (Å²) in [6, 6.07) is 8.01. The van der Waals surface area contributed by atoms with E-state index in [1.54, 1.807) is 4.90 Å². The number of likely N-dealkylation sites (tertiary alicyclic amines) is 1. The van der Waals surface area contributed by atoms with Gasteiger partial charge in [-0.25, -0.2) is 0 Å². The van der Waals surface area contributed by atoms with Crippen LogP contribution in [0.15, 0.2) is 24.3 Å². The number of benzene rings is 1. The van der Waals surface area contributed by atoms with Gasteiger partial charge in [-0.1, -0.05) is 18.2 Å². The fourth-order valence-electron chi connectivity index (χ4n) is 2.85. The molecular formula is C14H18N2O3. The van der Waals surface area contributed by atoms with Crippen molar-refractivity contribution >= 4 is 11.6 Å². The zero-order valence-corrected chi connectivity index (χ0v) is 10.6. The molecular weight excluding hydrogens is 244 g/mol. The Balaban J connectivity index is 1.65. The summed E-state index contributed by atoms with van der Waals surface area (Å²) in [4.78, 5) is 13.7. The molecule has 102 valence electrons. The van der Waals surface area contributed by atoms with Crippen molar-refractivity contribution in [2.75, 3.05) is 25.0 Å². The van der Waals surface area contributed by atoms with Crippen LogP contribution in [0.4, 0.5) is 5.69 Å². The summed E-state index contributed by atoms with van der Waals surface area (Å²) in [5.74, 6) is 0.178. The summed E-state index contributed by atoms with van der Waals surface area (Å²) in [5, 5.41) is 22.3. The van der Waals surface area contributed by atoms with Crippen LogP contribution >= 0.6 is 0 Å². The third kappa shape index (κ3) is 2.31. The van der Waals surface area contributed by atoms with Crippen LogP contribution in [0.25, 0.3) is 0 Å². The molecule has 2 aliphatic heterocycles. The quantitative estimate of drug-likeness (QED) is 0.709. The van der Waals surface area contributed by atoms with Gasteiger partial charge < -0.3 is 20.4 Å². The molecule has 3 atom stereocenters. The van der Waals surface area contributed by atoms with Crippen LogP contribution in [0.2, 0.25) is 0 Å². The van der Waals surface area contributed by atoms with Crippen LogP contribution in [-0.4, -0.2) is 52.9 Å². The zero-order valence-electron chi connectivity index (χ0n) is 10.6. The first-order valence-electron chi connectivity index (χ1n) is 6.62. The third-order valence-corrected chi connectivity index (χ3v) is 3.97. The van der Waals surface area contributed by atoms with Gasteiger partial charge in [0, 0.05) is 37.7 Å². The van der Waals surface area contributed by atoms with E-state index in [0.717, 1.165) is 12.2 Å². The number of para-hydroxylation sites is 1. The monoisotopic (exact) mass is 262 g/mol. The molecule has 0 aliphatic carbocycles. The number of nitrogens with zero attached hydrogens (tertiary/aromatic N) is 1. The number of carbonyl (C=O) groups is 1. The van der Waals surface area contributed by atoms with E-state index in [1.165, 1.54) is 5.56 Å². The molecule has 1 saturated heterocycles. The van der Waals surface area contributed by atoms with Crippen molar-refractivity contribution < 1.29 is 15.0 Å². The number of aliphatic hydroxyl groups is 2. The predicted octanol–water partition coefficient (Wildman–Crippen LogP) is 0.150. The van der Waals surface area contributed by atoms with Crippen molar-refractivity contribution in [2.45, 2.75) is 24.5 Å². The van der Waals surface area contributed by atoms with Crippen molar-refractivity contribution in [3.63, 3.8) is 0 Å². The zero-order chi connectivity index (χ0) is 13.4. The molecule has 1 aromatic carbocycles. The summed E-state index contributed by atoms with van der Waals surface area (Å²) in [6.07, 6.45) is -1.19. The SMILES string of the molecule is O=C(CC1CNc2ccccc21)N1CC(O)C(O)C1. The van der Waals surface area contributed by atoms with Crippen molar-refractivity contribution in [2.24, 2.45) is 0 Å². The molecule has 2 heterocycles. The number of rotatable bonds is 2. The Morgan fingerprint density at radius 3 is 2.68 bits per heavy atom. The molecule has 3 N–H and O–H groups in total. The average Bonchev–Trinajstić information content (AvgIpc) is 2.95. The summed E-state index contributed by atoms with van der Waals surface area (Å²) in [6.45, 7) is 1.24. The van der Waals surface area contributed by atoms with E-state index < -0.39 is 12.2 Å². The molecule has 0 saturated carbocycles. The molecule has 1 fully saturated rings. The van der Waals surface area contributed by atoms with E-state index in [-0.39, 0.29) is 24.9 Å². The van der Waals surface area contributed by atoms with Crippen molar-refractivity contribution in [1.29, 1.82) is 0 Å². The number of carbonyl (C=O) groups excluding carboxylic acids is 1. The molecule has 0 aromatic heterocycles. The van der Waals surface area contributed by atoms with E-state index in [4.69, 9.17) is 0 Å². The number of fused-ring (bicyclic) bond motifs is 1. The van der Waals surface area contributed by atoms with Crippen molar-refractivity contribution in [3.8, 4) is 0 Å². The van der Waals surface area contributed by atoms with Crippen LogP contribution in [0.3, 0.4) is 0 Å². The molecule has 1 aromatic rings. The van der Waals surface area contributed by atoms with E-state index in [2.05, 4.69) is 5.32 Å². The molecule has 3 rings (SSSR count). The number of amides is 1. The number of hydrogen-bond acceptors (Lipinski definition) is 4. The number of anilines is 1. The molecule has 1 amide bonds. The molecule has 5 nitrogen and oxygen atoms in total. The first-order chi connectivity index (χ1) is 9.15. The van der Waals surface area contributed by atoms with E-state index in [0.29, 0.717) is 6.42 Å². The van der Waals surface area contributed by atoms with Crippen molar-refractivity contribution in [3.05, 3.63) is 29.8 Å². The number of nitrogens with one attached hydrogen (secondary N) is 1. The Bertz CT molecular complexity index is 481. The first-order valence-corrected chi connectivity index (χ1v) is 6.62. The summed E-state index contributed by atoms with van der Waals surface area (Å²) < 4.78 is 0. The smallest absolute Gasteiger partial charge is 0.223 e. The van der Waals surface area contributed by atoms with Crippen molar-refractivity contribution in [1.82, 2.24) is 4.90 Å². The molecule has 3 unspecified atom stereocenters. The topological polar surface area (TPSA) is 72.8 Å². The lowest BCUT2D eigenvalue weighted by Gasteiger charge is -2.18. The maximum absolute atomic E-state index is 12.2. The summed E-state index contributed by atoms with van der Waals surface area (Å²) in [5.41, 5.74) is 2.28. The van der Waals surface area contributed by atoms with Crippen LogP contribution in [0.5, 0.6) is 0 Å². The predicted molar refractivity (Wildman–Crippen MR) is 70.9 cm³/mol. The molecule has 0 spiro atoms. The minimum Gasteiger partial charge on any atom is -0.388 e. The van der Waals surface area contributed by atoms with Gasteiger partial charge >= 0.3 is 0 Å². The fraction of sp³-hybridized carbons (Fsp3) is 0.500. The number of aliphatic hydroxyl groups excluding tert-OH is 2. The van der Waals surface area contributed by atoms with Gasteiger partial charge in [0.05, 0.1) is 12.2 Å². The van der Waals surface area contributed by atoms with Gasteiger partial charge in [0.2, 0.25) is 5.91 Å². The highest BCUT2D eigenvalue weighted by Gasteiger charge is 2.34. The van der Waals surface area contributed by atoms with Gasteiger partial charge in [0.25, 0.3) is 0 Å². The van der Waals surface area contributed by atoms with Crippen LogP contribution in [-0.2, 0) is 4.79 Å². The Hall–Kier alpha value is -1.59. The highest BCUT2D eigenvalue weighted by Crippen LogP contribution is 2.33. The summed E-state index contributed by atoms with van der Waals surface area (Å²) >= 11 is 0. The highest BCUT2D eigenvalue weighted by atomic mass is 16.3. The van der Waals surface area contributed by atoms with Gasteiger partial charge in [0.15, 0.2) is 0 Å². The van der Waals surface area contributed by atoms with Gasteiger partial charge in [0.1, 0.15) is 0 Å². The standard InChI is InChI=1S/C14H18N2O3/c17-12-7-16(8-13(12)18)14(19)5-9-6-15-11-4-2-1-3-10(9)11/h1-4,9,12-13,15,17-18H,5-8H2. The largest absolute Gasteiger partial charge is 0.388 e. The van der Waals surface area contributed by atoms with Crippen LogP contribution in [0, 0.1) is 0 Å². The van der Waals surface area contributed by atoms with E-state index >= 15 is 0 Å². The second-order valence-electron chi connectivity index (χ2n) is 5.30. The first kappa shape index (κ1) is 12.4. The third-order valence-electron chi connectivity index (χ3n) is 3.97. The second-order valence-corrected chi connectivity index (χ2v) is 5.30. The normalized spacial score (nSPS) is 29.2. The number of β-amino-alcohol motifs (C(OH)–C–C–N with tert-alkyl or cyclic N) is 2. The second kappa shape index (κ2) is 4.83. The van der Waals surface area contributed by atoms with Gasteiger partial charge in [-0.05, 0) is 11.6 Å². The van der Waals surface area contributed by atoms with Gasteiger partial charge in [-0.2, -0.15) is 0 Å². The molecule has 19 heavy (non-hydrogen) atoms. The minimum atomic E-state index is -0.807. The summed E-state index contributed by atoms with van der Waals surface area (Å²) in [7, 11) is 0. The maximum atomic E-state index is 12.2.